The van der Waals surface area contributed by atoms with E-state index >= 15 is 0 Å². The monoisotopic (exact) mass is 367 g/mol. The molecular weight excluding hydrogens is 346 g/mol. The quantitative estimate of drug-likeness (QED) is 0.657. The number of carbonyl (C=O) groups excluding carboxylic acids is 1. The first-order valence-electron chi connectivity index (χ1n) is 8.37. The molecule has 3 rings (SSSR count). The van der Waals surface area contributed by atoms with E-state index in [4.69, 9.17) is 4.42 Å². The summed E-state index contributed by atoms with van der Waals surface area (Å²) in [4.78, 5) is 12.5. The Balaban J connectivity index is 1.67. The van der Waals surface area contributed by atoms with Gasteiger partial charge in [0.2, 0.25) is 11.8 Å². The van der Waals surface area contributed by atoms with Gasteiger partial charge in [0.1, 0.15) is 0 Å². The number of hydrogen-bond acceptors (Lipinski definition) is 5. The second-order valence-corrected chi connectivity index (χ2v) is 7.60. The van der Waals surface area contributed by atoms with Gasteiger partial charge in [0, 0.05) is 11.3 Å². The number of carbonyl (C=O) groups is 1. The molecule has 0 unspecified atom stereocenters. The van der Waals surface area contributed by atoms with Crippen LogP contribution in [0.3, 0.4) is 0 Å². The highest BCUT2D eigenvalue weighted by atomic mass is 32.2. The highest BCUT2D eigenvalue weighted by molar-refractivity contribution is 8.00. The molecule has 0 aliphatic carbocycles. The summed E-state index contributed by atoms with van der Waals surface area (Å²) in [7, 11) is 0. The molecule has 0 bridgehead atoms. The Kier molecular flexibility index (Phi) is 5.42. The zero-order chi connectivity index (χ0) is 18.7. The zero-order valence-electron chi connectivity index (χ0n) is 15.2. The van der Waals surface area contributed by atoms with Crippen LogP contribution >= 0.6 is 11.8 Å². The highest BCUT2D eigenvalue weighted by Crippen LogP contribution is 2.27. The third-order valence-corrected chi connectivity index (χ3v) is 4.90. The van der Waals surface area contributed by atoms with E-state index in [2.05, 4.69) is 15.5 Å². The summed E-state index contributed by atoms with van der Waals surface area (Å²) in [5, 5.41) is 11.1. The van der Waals surface area contributed by atoms with E-state index in [9.17, 15) is 4.79 Å². The molecule has 1 atom stereocenters. The molecule has 2 aromatic carbocycles. The Morgan fingerprint density at radius 2 is 1.85 bits per heavy atom. The smallest absolute Gasteiger partial charge is 0.277 e. The molecule has 1 aromatic heterocycles. The zero-order valence-corrected chi connectivity index (χ0v) is 16.1. The summed E-state index contributed by atoms with van der Waals surface area (Å²) in [6, 6.07) is 13.8. The van der Waals surface area contributed by atoms with E-state index < -0.39 is 0 Å². The number of anilines is 1. The van der Waals surface area contributed by atoms with Crippen molar-refractivity contribution in [1.29, 1.82) is 0 Å². The molecular formula is C20H21N3O2S. The van der Waals surface area contributed by atoms with E-state index in [1.807, 2.05) is 70.2 Å². The fourth-order valence-corrected chi connectivity index (χ4v) is 3.15. The summed E-state index contributed by atoms with van der Waals surface area (Å²) in [6.45, 7) is 7.80. The molecule has 5 nitrogen and oxygen atoms in total. The van der Waals surface area contributed by atoms with Gasteiger partial charge in [-0.3, -0.25) is 4.79 Å². The van der Waals surface area contributed by atoms with Crippen molar-refractivity contribution in [3.8, 4) is 11.5 Å². The number of nitrogens with zero attached hydrogens (tertiary/aromatic N) is 2. The van der Waals surface area contributed by atoms with E-state index in [0.29, 0.717) is 11.1 Å². The second kappa shape index (κ2) is 7.74. The maximum Gasteiger partial charge on any atom is 0.277 e. The van der Waals surface area contributed by atoms with Gasteiger partial charge in [0.25, 0.3) is 5.22 Å². The van der Waals surface area contributed by atoms with Gasteiger partial charge in [-0.25, -0.2) is 0 Å². The van der Waals surface area contributed by atoms with Crippen molar-refractivity contribution in [2.45, 2.75) is 38.2 Å². The van der Waals surface area contributed by atoms with E-state index in [1.54, 1.807) is 0 Å². The largest absolute Gasteiger partial charge is 0.411 e. The van der Waals surface area contributed by atoms with Crippen LogP contribution in [0.15, 0.2) is 52.1 Å². The second-order valence-electron chi connectivity index (χ2n) is 6.31. The first-order chi connectivity index (χ1) is 12.4. The Hall–Kier alpha value is -2.60. The predicted molar refractivity (Wildman–Crippen MR) is 104 cm³/mol. The molecule has 3 aromatic rings. The number of thioether (sulfide) groups is 1. The molecule has 26 heavy (non-hydrogen) atoms. The van der Waals surface area contributed by atoms with Crippen LogP contribution in [0, 0.1) is 20.8 Å². The summed E-state index contributed by atoms with van der Waals surface area (Å²) in [6.07, 6.45) is 0. The van der Waals surface area contributed by atoms with Crippen molar-refractivity contribution >= 4 is 23.4 Å². The molecule has 1 heterocycles. The third-order valence-electron chi connectivity index (χ3n) is 3.97. The van der Waals surface area contributed by atoms with Crippen LogP contribution in [0.25, 0.3) is 11.5 Å². The fraction of sp³-hybridized carbons (Fsp3) is 0.250. The molecule has 0 aliphatic heterocycles. The average molecular weight is 367 g/mol. The Morgan fingerprint density at radius 1 is 1.08 bits per heavy atom. The number of aromatic nitrogens is 2. The number of hydrogen-bond donors (Lipinski definition) is 1. The molecule has 1 amide bonds. The van der Waals surface area contributed by atoms with Crippen LogP contribution in [0.4, 0.5) is 5.69 Å². The van der Waals surface area contributed by atoms with Crippen LogP contribution in [0.2, 0.25) is 0 Å². The Morgan fingerprint density at radius 3 is 2.62 bits per heavy atom. The van der Waals surface area contributed by atoms with Crippen molar-refractivity contribution in [2.75, 3.05) is 5.32 Å². The minimum Gasteiger partial charge on any atom is -0.411 e. The molecule has 0 aliphatic rings. The van der Waals surface area contributed by atoms with Crippen LogP contribution < -0.4 is 5.32 Å². The summed E-state index contributed by atoms with van der Waals surface area (Å²) in [5.74, 6) is 0.359. The molecule has 1 N–H and O–H groups in total. The standard InChI is InChI=1S/C20H21N3O2S/c1-12-6-5-7-16(10-12)19-22-23-20(25-19)26-15(4)18(24)21-17-11-13(2)8-9-14(17)3/h5-11,15H,1-4H3,(H,21,24)/t15-/m0/s1. The summed E-state index contributed by atoms with van der Waals surface area (Å²) >= 11 is 1.25. The lowest BCUT2D eigenvalue weighted by molar-refractivity contribution is -0.115. The first kappa shape index (κ1) is 18.2. The Labute approximate surface area is 157 Å². The van der Waals surface area contributed by atoms with Crippen LogP contribution in [0.1, 0.15) is 23.6 Å². The molecule has 0 saturated heterocycles. The van der Waals surface area contributed by atoms with Gasteiger partial charge in [-0.05, 0) is 57.0 Å². The van der Waals surface area contributed by atoms with Crippen molar-refractivity contribution in [2.24, 2.45) is 0 Å². The van der Waals surface area contributed by atoms with E-state index in [0.717, 1.165) is 27.9 Å². The lowest BCUT2D eigenvalue weighted by atomic mass is 10.1. The van der Waals surface area contributed by atoms with Crippen molar-refractivity contribution < 1.29 is 9.21 Å². The number of nitrogens with one attached hydrogen (secondary N) is 1. The van der Waals surface area contributed by atoms with Crippen LogP contribution in [-0.4, -0.2) is 21.4 Å². The first-order valence-corrected chi connectivity index (χ1v) is 9.25. The van der Waals surface area contributed by atoms with Crippen molar-refractivity contribution in [1.82, 2.24) is 10.2 Å². The van der Waals surface area contributed by atoms with Crippen LogP contribution in [-0.2, 0) is 4.79 Å². The lowest BCUT2D eigenvalue weighted by Gasteiger charge is -2.12. The lowest BCUT2D eigenvalue weighted by Crippen LogP contribution is -2.22. The minimum absolute atomic E-state index is 0.0981. The van der Waals surface area contributed by atoms with Crippen molar-refractivity contribution in [3.05, 3.63) is 59.2 Å². The van der Waals surface area contributed by atoms with Crippen molar-refractivity contribution in [3.63, 3.8) is 0 Å². The van der Waals surface area contributed by atoms with Gasteiger partial charge in [-0.15, -0.1) is 10.2 Å². The minimum atomic E-state index is -0.360. The van der Waals surface area contributed by atoms with E-state index in [-0.39, 0.29) is 11.2 Å². The van der Waals surface area contributed by atoms with Gasteiger partial charge in [-0.2, -0.15) is 0 Å². The fourth-order valence-electron chi connectivity index (χ4n) is 2.46. The SMILES string of the molecule is Cc1cccc(-c2nnc(S[C@@H](C)C(=O)Nc3cc(C)ccc3C)o2)c1. The maximum absolute atomic E-state index is 12.5. The molecule has 134 valence electrons. The van der Waals surface area contributed by atoms with Gasteiger partial charge in [-0.1, -0.05) is 41.6 Å². The summed E-state index contributed by atoms with van der Waals surface area (Å²) < 4.78 is 5.70. The van der Waals surface area contributed by atoms with Gasteiger partial charge in [0.15, 0.2) is 0 Å². The Bertz CT molecular complexity index is 936. The highest BCUT2D eigenvalue weighted by Gasteiger charge is 2.19. The number of aryl methyl sites for hydroxylation is 3. The maximum atomic E-state index is 12.5. The van der Waals surface area contributed by atoms with E-state index in [1.165, 1.54) is 11.8 Å². The van der Waals surface area contributed by atoms with Gasteiger partial charge < -0.3 is 9.73 Å². The molecule has 0 saturated carbocycles. The average Bonchev–Trinajstić information content (AvgIpc) is 3.06. The summed E-state index contributed by atoms with van der Waals surface area (Å²) in [5.41, 5.74) is 4.95. The number of benzene rings is 2. The molecule has 6 heteroatoms. The normalized spacial score (nSPS) is 12.0. The van der Waals surface area contributed by atoms with Crippen LogP contribution in [0.5, 0.6) is 0 Å². The topological polar surface area (TPSA) is 68.0 Å². The molecule has 0 spiro atoms. The predicted octanol–water partition coefficient (Wildman–Crippen LogP) is 4.78. The third kappa shape index (κ3) is 4.32. The van der Waals surface area contributed by atoms with Gasteiger partial charge in [0.05, 0.1) is 5.25 Å². The molecule has 0 radical (unpaired) electrons. The van der Waals surface area contributed by atoms with Gasteiger partial charge >= 0.3 is 0 Å². The number of rotatable bonds is 5. The molecule has 0 fully saturated rings. The number of amides is 1.